The summed E-state index contributed by atoms with van der Waals surface area (Å²) in [6, 6.07) is 5.59. The van der Waals surface area contributed by atoms with Gasteiger partial charge in [-0.15, -0.1) is 0 Å². The first-order valence-electron chi connectivity index (χ1n) is 6.82. The fourth-order valence-electron chi connectivity index (χ4n) is 1.61. The molecule has 0 aliphatic heterocycles. The number of ether oxygens (including phenoxy) is 1. The van der Waals surface area contributed by atoms with Gasteiger partial charge in [0.1, 0.15) is 5.82 Å². The Bertz CT molecular complexity index is 493. The summed E-state index contributed by atoms with van der Waals surface area (Å²) in [6.45, 7) is 4.42. The molecule has 0 unspecified atom stereocenters. The van der Waals surface area contributed by atoms with Gasteiger partial charge in [0.25, 0.3) is 11.9 Å². The van der Waals surface area contributed by atoms with Crippen LogP contribution in [0.5, 0.6) is 0 Å². The van der Waals surface area contributed by atoms with Crippen LogP contribution in [0.1, 0.15) is 37.0 Å². The van der Waals surface area contributed by atoms with Gasteiger partial charge >= 0.3 is 0 Å². The first kappa shape index (κ1) is 14.5. The molecule has 4 nitrogen and oxygen atoms in total. The molecule has 1 aliphatic rings. The van der Waals surface area contributed by atoms with Gasteiger partial charge in [0, 0.05) is 12.1 Å². The molecule has 0 atom stereocenters. The zero-order valence-electron chi connectivity index (χ0n) is 11.7. The summed E-state index contributed by atoms with van der Waals surface area (Å²) in [7, 11) is 0. The third-order valence-corrected chi connectivity index (χ3v) is 2.86. The van der Waals surface area contributed by atoms with Gasteiger partial charge in [-0.3, -0.25) is 10.1 Å². The average Bonchev–Trinajstić information content (AvgIpc) is 3.20. The van der Waals surface area contributed by atoms with E-state index in [1.165, 1.54) is 37.1 Å². The summed E-state index contributed by atoms with van der Waals surface area (Å²) in [5.41, 5.74) is 0.373. The minimum absolute atomic E-state index is 0.0681. The molecule has 0 spiro atoms. The molecule has 1 fully saturated rings. The zero-order valence-corrected chi connectivity index (χ0v) is 11.7. The summed E-state index contributed by atoms with van der Waals surface area (Å²) in [5, 5.41) is 2.63. The van der Waals surface area contributed by atoms with E-state index in [1.54, 1.807) is 0 Å². The molecule has 1 saturated carbocycles. The first-order valence-corrected chi connectivity index (χ1v) is 6.82. The summed E-state index contributed by atoms with van der Waals surface area (Å²) in [6.07, 6.45) is 2.30. The quantitative estimate of drug-likeness (QED) is 0.680. The highest BCUT2D eigenvalue weighted by Gasteiger charge is 2.21. The summed E-state index contributed by atoms with van der Waals surface area (Å²) in [5.74, 6) is -0.105. The molecule has 20 heavy (non-hydrogen) atoms. The van der Waals surface area contributed by atoms with Crippen LogP contribution in [-0.2, 0) is 4.74 Å². The summed E-state index contributed by atoms with van der Waals surface area (Å²) < 4.78 is 18.3. The van der Waals surface area contributed by atoms with Gasteiger partial charge < -0.3 is 4.74 Å². The van der Waals surface area contributed by atoms with Gasteiger partial charge in [-0.05, 0) is 56.9 Å². The number of nitrogens with zero attached hydrogens (tertiary/aromatic N) is 1. The van der Waals surface area contributed by atoms with E-state index in [0.717, 1.165) is 0 Å². The third kappa shape index (κ3) is 4.64. The highest BCUT2D eigenvalue weighted by atomic mass is 19.1. The molecule has 1 aromatic carbocycles. The van der Waals surface area contributed by atoms with Gasteiger partial charge in [-0.1, -0.05) is 0 Å². The highest BCUT2D eigenvalue weighted by molar-refractivity contribution is 6.04. The van der Waals surface area contributed by atoms with E-state index >= 15 is 0 Å². The van der Waals surface area contributed by atoms with Crippen molar-refractivity contribution in [1.82, 2.24) is 5.32 Å². The van der Waals surface area contributed by atoms with E-state index < -0.39 is 0 Å². The van der Waals surface area contributed by atoms with Crippen molar-refractivity contribution < 1.29 is 13.9 Å². The van der Waals surface area contributed by atoms with Crippen LogP contribution < -0.4 is 5.32 Å². The van der Waals surface area contributed by atoms with Gasteiger partial charge in [0.2, 0.25) is 0 Å². The average molecular weight is 278 g/mol. The Morgan fingerprint density at radius 2 is 2.05 bits per heavy atom. The standard InChI is InChI=1S/C15H19FN2O2/c1-10(2)20-15(17-9-11-3-4-11)18-14(19)12-5-7-13(16)8-6-12/h5-8,10-11H,3-4,9H2,1-2H3,(H,17,18,19). The van der Waals surface area contributed by atoms with Crippen LogP contribution in [0.15, 0.2) is 29.3 Å². The van der Waals surface area contributed by atoms with Crippen LogP contribution in [0.2, 0.25) is 0 Å². The molecule has 0 saturated heterocycles. The fraction of sp³-hybridized carbons (Fsp3) is 0.467. The number of carbonyl (C=O) groups is 1. The molecule has 5 heteroatoms. The molecule has 1 aromatic rings. The second-order valence-electron chi connectivity index (χ2n) is 5.22. The molecule has 2 rings (SSSR count). The van der Waals surface area contributed by atoms with E-state index in [9.17, 15) is 9.18 Å². The lowest BCUT2D eigenvalue weighted by Gasteiger charge is -2.13. The van der Waals surface area contributed by atoms with E-state index in [1.807, 2.05) is 13.8 Å². The van der Waals surface area contributed by atoms with Crippen molar-refractivity contribution in [3.8, 4) is 0 Å². The molecule has 0 heterocycles. The Balaban J connectivity index is 1.99. The smallest absolute Gasteiger partial charge is 0.291 e. The third-order valence-electron chi connectivity index (χ3n) is 2.86. The van der Waals surface area contributed by atoms with Gasteiger partial charge in [0.15, 0.2) is 0 Å². The van der Waals surface area contributed by atoms with E-state index in [2.05, 4.69) is 10.3 Å². The summed E-state index contributed by atoms with van der Waals surface area (Å²) >= 11 is 0. The van der Waals surface area contributed by atoms with Crippen LogP contribution in [0, 0.1) is 11.7 Å². The monoisotopic (exact) mass is 278 g/mol. The largest absolute Gasteiger partial charge is 0.462 e. The number of amidine groups is 1. The number of hydrogen-bond acceptors (Lipinski definition) is 3. The molecular weight excluding hydrogens is 259 g/mol. The number of halogens is 1. The zero-order chi connectivity index (χ0) is 14.5. The molecule has 0 aromatic heterocycles. The van der Waals surface area contributed by atoms with Crippen molar-refractivity contribution in [3.63, 3.8) is 0 Å². The van der Waals surface area contributed by atoms with E-state index in [4.69, 9.17) is 4.74 Å². The Labute approximate surface area is 118 Å². The van der Waals surface area contributed by atoms with Crippen LogP contribution >= 0.6 is 0 Å². The number of nitrogens with one attached hydrogen (secondary N) is 1. The number of hydrogen-bond donors (Lipinski definition) is 1. The fourth-order valence-corrected chi connectivity index (χ4v) is 1.61. The van der Waals surface area contributed by atoms with Crippen molar-refractivity contribution in [1.29, 1.82) is 0 Å². The topological polar surface area (TPSA) is 50.7 Å². The minimum atomic E-state index is -0.373. The maximum atomic E-state index is 12.8. The number of amides is 1. The van der Waals surface area contributed by atoms with Crippen LogP contribution in [0.3, 0.4) is 0 Å². The van der Waals surface area contributed by atoms with Crippen molar-refractivity contribution in [2.75, 3.05) is 6.54 Å². The Hall–Kier alpha value is -1.91. The Morgan fingerprint density at radius 3 is 2.60 bits per heavy atom. The molecule has 108 valence electrons. The van der Waals surface area contributed by atoms with Gasteiger partial charge in [0.05, 0.1) is 6.10 Å². The Morgan fingerprint density at radius 1 is 1.40 bits per heavy atom. The van der Waals surface area contributed by atoms with Gasteiger partial charge in [-0.2, -0.15) is 0 Å². The van der Waals surface area contributed by atoms with Crippen molar-refractivity contribution in [2.24, 2.45) is 10.9 Å². The lowest BCUT2D eigenvalue weighted by atomic mass is 10.2. The van der Waals surface area contributed by atoms with Crippen LogP contribution in [0.4, 0.5) is 4.39 Å². The number of benzene rings is 1. The SMILES string of the molecule is CC(C)OC(=NCC1CC1)NC(=O)c1ccc(F)cc1. The summed E-state index contributed by atoms with van der Waals surface area (Å²) in [4.78, 5) is 16.3. The highest BCUT2D eigenvalue weighted by Crippen LogP contribution is 2.28. The van der Waals surface area contributed by atoms with Gasteiger partial charge in [-0.25, -0.2) is 9.38 Å². The lowest BCUT2D eigenvalue weighted by Crippen LogP contribution is -2.34. The molecule has 1 amide bonds. The van der Waals surface area contributed by atoms with Crippen LogP contribution in [0.25, 0.3) is 0 Å². The number of rotatable bonds is 4. The van der Waals surface area contributed by atoms with Crippen molar-refractivity contribution in [3.05, 3.63) is 35.6 Å². The molecule has 1 N–H and O–H groups in total. The molecule has 1 aliphatic carbocycles. The first-order chi connectivity index (χ1) is 9.54. The predicted molar refractivity (Wildman–Crippen MR) is 75.1 cm³/mol. The second kappa shape index (κ2) is 6.50. The number of aliphatic imine (C=N–C) groups is 1. The maximum absolute atomic E-state index is 12.8. The maximum Gasteiger partial charge on any atom is 0.291 e. The number of carbonyl (C=O) groups excluding carboxylic acids is 1. The minimum Gasteiger partial charge on any atom is -0.462 e. The van der Waals surface area contributed by atoms with E-state index in [0.29, 0.717) is 18.0 Å². The Kier molecular flexibility index (Phi) is 4.71. The lowest BCUT2D eigenvalue weighted by molar-refractivity contribution is 0.0959. The molecule has 0 bridgehead atoms. The van der Waals surface area contributed by atoms with Crippen molar-refractivity contribution >= 4 is 11.9 Å². The van der Waals surface area contributed by atoms with Crippen LogP contribution in [-0.4, -0.2) is 24.6 Å². The molecule has 0 radical (unpaired) electrons. The predicted octanol–water partition coefficient (Wildman–Crippen LogP) is 2.75. The normalized spacial score (nSPS) is 15.3. The molecular formula is C15H19FN2O2. The van der Waals surface area contributed by atoms with E-state index in [-0.39, 0.29) is 23.9 Å². The van der Waals surface area contributed by atoms with Crippen molar-refractivity contribution in [2.45, 2.75) is 32.8 Å². The second-order valence-corrected chi connectivity index (χ2v) is 5.22.